The first-order valence-corrected chi connectivity index (χ1v) is 11.7. The molecule has 0 bridgehead atoms. The van der Waals surface area contributed by atoms with Crippen LogP contribution in [0.1, 0.15) is 59.8 Å². The Hall–Kier alpha value is -4.46. The number of amides is 2. The van der Waals surface area contributed by atoms with E-state index >= 15 is 0 Å². The van der Waals surface area contributed by atoms with E-state index in [-0.39, 0.29) is 41.9 Å². The Kier molecular flexibility index (Phi) is 6.49. The van der Waals surface area contributed by atoms with E-state index in [1.54, 1.807) is 66.7 Å². The van der Waals surface area contributed by atoms with Crippen molar-refractivity contribution in [3.8, 4) is 11.5 Å². The summed E-state index contributed by atoms with van der Waals surface area (Å²) in [4.78, 5) is 52.0. The van der Waals surface area contributed by atoms with Crippen LogP contribution in [0.4, 0.5) is 0 Å². The molecule has 182 valence electrons. The molecule has 0 spiro atoms. The van der Waals surface area contributed by atoms with Gasteiger partial charge in [0.1, 0.15) is 13.2 Å². The van der Waals surface area contributed by atoms with Crippen molar-refractivity contribution in [3.63, 3.8) is 0 Å². The van der Waals surface area contributed by atoms with Crippen LogP contribution in [-0.4, -0.2) is 54.8 Å². The van der Waals surface area contributed by atoms with Crippen molar-refractivity contribution < 1.29 is 33.4 Å². The molecule has 0 saturated carbocycles. The van der Waals surface area contributed by atoms with Gasteiger partial charge < -0.3 is 14.2 Å². The molecule has 0 atom stereocenters. The molecule has 36 heavy (non-hydrogen) atoms. The zero-order chi connectivity index (χ0) is 25.1. The zero-order valence-corrected chi connectivity index (χ0v) is 19.4. The van der Waals surface area contributed by atoms with E-state index in [4.69, 9.17) is 14.2 Å². The maximum Gasteiger partial charge on any atom is 0.338 e. The number of esters is 1. The van der Waals surface area contributed by atoms with E-state index in [1.807, 2.05) is 0 Å². The summed E-state index contributed by atoms with van der Waals surface area (Å²) < 4.78 is 16.5. The van der Waals surface area contributed by atoms with E-state index in [1.165, 1.54) is 4.90 Å². The summed E-state index contributed by atoms with van der Waals surface area (Å²) in [5, 5.41) is 0. The van der Waals surface area contributed by atoms with Gasteiger partial charge >= 0.3 is 5.97 Å². The monoisotopic (exact) mass is 485 g/mol. The molecular weight excluding hydrogens is 462 g/mol. The zero-order valence-electron chi connectivity index (χ0n) is 19.4. The van der Waals surface area contributed by atoms with Gasteiger partial charge in [-0.2, -0.15) is 0 Å². The number of ether oxygens (including phenoxy) is 3. The third-order valence-electron chi connectivity index (χ3n) is 6.08. The van der Waals surface area contributed by atoms with Crippen molar-refractivity contribution >= 4 is 23.6 Å². The number of nitrogens with zero attached hydrogens (tertiary/aromatic N) is 1. The fourth-order valence-corrected chi connectivity index (χ4v) is 4.26. The Morgan fingerprint density at radius 2 is 1.42 bits per heavy atom. The van der Waals surface area contributed by atoms with Crippen molar-refractivity contribution in [3.05, 3.63) is 94.5 Å². The van der Waals surface area contributed by atoms with Gasteiger partial charge in [-0.1, -0.05) is 30.3 Å². The average molecular weight is 485 g/mol. The lowest BCUT2D eigenvalue weighted by molar-refractivity contribution is 0.0483. The Morgan fingerprint density at radius 1 is 0.778 bits per heavy atom. The lowest BCUT2D eigenvalue weighted by Crippen LogP contribution is -2.30. The molecule has 0 radical (unpaired) electrons. The van der Waals surface area contributed by atoms with Gasteiger partial charge in [-0.15, -0.1) is 0 Å². The molecule has 2 heterocycles. The predicted octanol–water partition coefficient (Wildman–Crippen LogP) is 3.92. The van der Waals surface area contributed by atoms with Crippen LogP contribution >= 0.6 is 0 Å². The molecule has 0 N–H and O–H groups in total. The molecule has 8 nitrogen and oxygen atoms in total. The highest BCUT2D eigenvalue weighted by atomic mass is 16.6. The molecule has 2 aliphatic heterocycles. The number of unbranched alkanes of at least 4 members (excludes halogenated alkanes) is 1. The molecule has 0 fully saturated rings. The summed E-state index contributed by atoms with van der Waals surface area (Å²) in [6.07, 6.45) is 0.938. The van der Waals surface area contributed by atoms with E-state index in [9.17, 15) is 19.2 Å². The summed E-state index contributed by atoms with van der Waals surface area (Å²) in [5.41, 5.74) is 1.59. The van der Waals surface area contributed by atoms with Crippen LogP contribution in [0.25, 0.3) is 0 Å². The summed E-state index contributed by atoms with van der Waals surface area (Å²) in [6.45, 7) is 1.19. The summed E-state index contributed by atoms with van der Waals surface area (Å²) >= 11 is 0. The Morgan fingerprint density at radius 3 is 2.14 bits per heavy atom. The molecule has 3 aromatic carbocycles. The van der Waals surface area contributed by atoms with Gasteiger partial charge in [0.2, 0.25) is 0 Å². The van der Waals surface area contributed by atoms with Gasteiger partial charge in [-0.05, 0) is 49.2 Å². The molecular formula is C28H23NO7. The molecule has 5 rings (SSSR count). The third kappa shape index (κ3) is 4.45. The molecule has 2 amide bonds. The normalized spacial score (nSPS) is 13.9. The first-order valence-electron chi connectivity index (χ1n) is 11.7. The van der Waals surface area contributed by atoms with E-state index < -0.39 is 5.97 Å². The maximum atomic E-state index is 13.2. The van der Waals surface area contributed by atoms with Gasteiger partial charge in [0.25, 0.3) is 11.8 Å². The number of carbonyl (C=O) groups is 4. The molecule has 0 aliphatic carbocycles. The Balaban J connectivity index is 1.17. The minimum Gasteiger partial charge on any atom is -0.486 e. The van der Waals surface area contributed by atoms with Crippen molar-refractivity contribution in [2.45, 2.75) is 12.8 Å². The molecule has 8 heteroatoms. The number of benzene rings is 3. The van der Waals surface area contributed by atoms with E-state index in [0.717, 1.165) is 0 Å². The second-order valence-corrected chi connectivity index (χ2v) is 8.38. The summed E-state index contributed by atoms with van der Waals surface area (Å²) in [6, 6.07) is 18.1. The Bertz CT molecular complexity index is 1330. The molecule has 2 aliphatic rings. The molecule has 3 aromatic rings. The number of ketones is 1. The summed E-state index contributed by atoms with van der Waals surface area (Å²) in [5.74, 6) is -0.488. The van der Waals surface area contributed by atoms with Crippen LogP contribution in [0.15, 0.2) is 66.7 Å². The second kappa shape index (κ2) is 10.0. The lowest BCUT2D eigenvalue weighted by Gasteiger charge is -2.18. The first kappa shape index (κ1) is 23.3. The second-order valence-electron chi connectivity index (χ2n) is 8.38. The standard InChI is InChI=1S/C28H23NO7/c30-25(18-11-12-23-24(17-18)35-16-15-34-23)19-7-1-4-10-22(19)28(33)36-14-6-5-13-29-26(31)20-8-2-3-9-21(20)27(29)32/h1-4,7-12,17H,5-6,13-16H2. The van der Waals surface area contributed by atoms with E-state index in [0.29, 0.717) is 54.2 Å². The molecule has 0 saturated heterocycles. The fraction of sp³-hybridized carbons (Fsp3) is 0.214. The lowest BCUT2D eigenvalue weighted by atomic mass is 9.98. The van der Waals surface area contributed by atoms with E-state index in [2.05, 4.69) is 0 Å². The quantitative estimate of drug-likeness (QED) is 0.206. The highest BCUT2D eigenvalue weighted by Gasteiger charge is 2.34. The average Bonchev–Trinajstić information content (AvgIpc) is 3.17. The molecule has 0 aromatic heterocycles. The van der Waals surface area contributed by atoms with Gasteiger partial charge in [-0.25, -0.2) is 4.79 Å². The van der Waals surface area contributed by atoms with Crippen molar-refractivity contribution in [2.24, 2.45) is 0 Å². The minimum atomic E-state index is -0.614. The maximum absolute atomic E-state index is 13.2. The van der Waals surface area contributed by atoms with Crippen LogP contribution < -0.4 is 9.47 Å². The van der Waals surface area contributed by atoms with Crippen LogP contribution in [0, 0.1) is 0 Å². The number of carbonyl (C=O) groups excluding carboxylic acids is 4. The minimum absolute atomic E-state index is 0.0918. The Labute approximate surface area is 207 Å². The van der Waals surface area contributed by atoms with Crippen LogP contribution in [-0.2, 0) is 4.74 Å². The van der Waals surface area contributed by atoms with Gasteiger partial charge in [0, 0.05) is 17.7 Å². The van der Waals surface area contributed by atoms with Crippen molar-refractivity contribution in [2.75, 3.05) is 26.4 Å². The number of fused-ring (bicyclic) bond motifs is 2. The fourth-order valence-electron chi connectivity index (χ4n) is 4.26. The van der Waals surface area contributed by atoms with Gasteiger partial charge in [0.15, 0.2) is 17.3 Å². The number of hydrogen-bond donors (Lipinski definition) is 0. The molecule has 0 unspecified atom stereocenters. The van der Waals surface area contributed by atoms with Crippen molar-refractivity contribution in [1.82, 2.24) is 4.90 Å². The summed E-state index contributed by atoms with van der Waals surface area (Å²) in [7, 11) is 0. The number of rotatable bonds is 8. The van der Waals surface area contributed by atoms with Crippen LogP contribution in [0.2, 0.25) is 0 Å². The van der Waals surface area contributed by atoms with Crippen LogP contribution in [0.3, 0.4) is 0 Å². The highest BCUT2D eigenvalue weighted by molar-refractivity contribution is 6.21. The first-order chi connectivity index (χ1) is 17.5. The number of hydrogen-bond acceptors (Lipinski definition) is 7. The van der Waals surface area contributed by atoms with Crippen molar-refractivity contribution in [1.29, 1.82) is 0 Å². The van der Waals surface area contributed by atoms with Gasteiger partial charge in [-0.3, -0.25) is 19.3 Å². The number of imide groups is 1. The SMILES string of the molecule is O=C(OCCCCN1C(=O)c2ccccc2C1=O)c1ccccc1C(=O)c1ccc2c(c1)OCCO2. The highest BCUT2D eigenvalue weighted by Crippen LogP contribution is 2.32. The smallest absolute Gasteiger partial charge is 0.338 e. The van der Waals surface area contributed by atoms with Gasteiger partial charge in [0.05, 0.1) is 23.3 Å². The predicted molar refractivity (Wildman–Crippen MR) is 129 cm³/mol. The topological polar surface area (TPSA) is 99.2 Å². The van der Waals surface area contributed by atoms with Crippen LogP contribution in [0.5, 0.6) is 11.5 Å². The third-order valence-corrected chi connectivity index (χ3v) is 6.08. The largest absolute Gasteiger partial charge is 0.486 e.